The lowest BCUT2D eigenvalue weighted by atomic mass is 10.2. The summed E-state index contributed by atoms with van der Waals surface area (Å²) in [4.78, 5) is 11.0. The molecule has 0 saturated carbocycles. The van der Waals surface area contributed by atoms with Gasteiger partial charge in [-0.25, -0.2) is 4.79 Å². The number of halogens is 2. The first-order chi connectivity index (χ1) is 10.0. The quantitative estimate of drug-likeness (QED) is 0.738. The summed E-state index contributed by atoms with van der Waals surface area (Å²) >= 11 is 7.86. The number of hydrogen-bond donors (Lipinski definition) is 1. The van der Waals surface area contributed by atoms with Gasteiger partial charge in [0.05, 0.1) is 16.2 Å². The Labute approximate surface area is 140 Å². The van der Waals surface area contributed by atoms with Gasteiger partial charge >= 0.3 is 5.97 Å². The van der Waals surface area contributed by atoms with Crippen LogP contribution in [0.3, 0.4) is 0 Å². The molecule has 110 valence electrons. The minimum absolute atomic E-state index is 0.162. The van der Waals surface area contributed by atoms with Crippen molar-refractivity contribution in [3.63, 3.8) is 0 Å². The van der Waals surface area contributed by atoms with Gasteiger partial charge in [-0.05, 0) is 52.4 Å². The predicted molar refractivity (Wildman–Crippen MR) is 88.5 cm³/mol. The lowest BCUT2D eigenvalue weighted by Crippen LogP contribution is -2.03. The average Bonchev–Trinajstić information content (AvgIpc) is 2.46. The molecule has 0 radical (unpaired) electrons. The molecule has 0 aliphatic rings. The second kappa shape index (κ2) is 7.00. The molecule has 0 amide bonds. The fourth-order valence-electron chi connectivity index (χ4n) is 1.72. The Morgan fingerprint density at radius 3 is 2.52 bits per heavy atom. The Bertz CT molecular complexity index is 655. The van der Waals surface area contributed by atoms with E-state index in [1.807, 2.05) is 34.7 Å². The zero-order valence-electron chi connectivity index (χ0n) is 11.1. The monoisotopic (exact) mass is 418 g/mol. The van der Waals surface area contributed by atoms with Gasteiger partial charge in [0, 0.05) is 5.02 Å². The molecule has 0 atom stereocenters. The smallest absolute Gasteiger partial charge is 0.335 e. The highest BCUT2D eigenvalue weighted by molar-refractivity contribution is 14.1. The molecule has 21 heavy (non-hydrogen) atoms. The van der Waals surface area contributed by atoms with Gasteiger partial charge in [-0.2, -0.15) is 0 Å². The fourth-order valence-corrected chi connectivity index (χ4v) is 2.60. The number of ether oxygens (including phenoxy) is 2. The topological polar surface area (TPSA) is 55.8 Å². The zero-order valence-corrected chi connectivity index (χ0v) is 14.0. The van der Waals surface area contributed by atoms with Crippen molar-refractivity contribution >= 4 is 40.2 Å². The normalized spacial score (nSPS) is 10.2. The van der Waals surface area contributed by atoms with Gasteiger partial charge in [-0.3, -0.25) is 0 Å². The Balaban J connectivity index is 2.23. The Morgan fingerprint density at radius 1 is 1.29 bits per heavy atom. The van der Waals surface area contributed by atoms with Gasteiger partial charge in [0.15, 0.2) is 11.5 Å². The molecule has 1 N–H and O–H groups in total. The summed E-state index contributed by atoms with van der Waals surface area (Å²) in [5.41, 5.74) is 1.12. The fraction of sp³-hybridized carbons (Fsp3) is 0.133. The van der Waals surface area contributed by atoms with E-state index in [1.165, 1.54) is 13.2 Å². The number of hydrogen-bond acceptors (Lipinski definition) is 3. The Kier molecular flexibility index (Phi) is 5.30. The number of carboxylic acid groups (broad SMARTS) is 1. The maximum absolute atomic E-state index is 11.0. The van der Waals surface area contributed by atoms with Crippen molar-refractivity contribution in [2.24, 2.45) is 0 Å². The van der Waals surface area contributed by atoms with Crippen LogP contribution in [-0.4, -0.2) is 18.2 Å². The molecule has 0 aliphatic carbocycles. The first-order valence-corrected chi connectivity index (χ1v) is 7.45. The van der Waals surface area contributed by atoms with E-state index in [4.69, 9.17) is 26.2 Å². The molecule has 4 nitrogen and oxygen atoms in total. The molecular weight excluding hydrogens is 407 g/mol. The van der Waals surface area contributed by atoms with E-state index < -0.39 is 5.97 Å². The van der Waals surface area contributed by atoms with Crippen molar-refractivity contribution in [2.75, 3.05) is 7.11 Å². The van der Waals surface area contributed by atoms with Crippen molar-refractivity contribution in [1.29, 1.82) is 0 Å². The van der Waals surface area contributed by atoms with Gasteiger partial charge < -0.3 is 14.6 Å². The van der Waals surface area contributed by atoms with Crippen molar-refractivity contribution in [1.82, 2.24) is 0 Å². The van der Waals surface area contributed by atoms with E-state index in [0.29, 0.717) is 26.7 Å². The van der Waals surface area contributed by atoms with E-state index >= 15 is 0 Å². The molecule has 6 heteroatoms. The summed E-state index contributed by atoms with van der Waals surface area (Å²) < 4.78 is 11.6. The minimum Gasteiger partial charge on any atom is -0.493 e. The van der Waals surface area contributed by atoms with Crippen LogP contribution in [0.1, 0.15) is 15.9 Å². The lowest BCUT2D eigenvalue weighted by molar-refractivity contribution is 0.0696. The SMILES string of the molecule is COc1cc(C(=O)O)cc(I)c1OCc1ccc(Cl)cc1. The first-order valence-electron chi connectivity index (χ1n) is 5.99. The predicted octanol–water partition coefficient (Wildman–Crippen LogP) is 4.23. The summed E-state index contributed by atoms with van der Waals surface area (Å²) in [5.74, 6) is -0.0817. The van der Waals surface area contributed by atoms with Gasteiger partial charge in [-0.1, -0.05) is 23.7 Å². The number of methoxy groups -OCH3 is 1. The molecule has 0 spiro atoms. The summed E-state index contributed by atoms with van der Waals surface area (Å²) in [5, 5.41) is 9.71. The lowest BCUT2D eigenvalue weighted by Gasteiger charge is -2.13. The molecule has 2 aromatic rings. The van der Waals surface area contributed by atoms with Crippen LogP contribution in [-0.2, 0) is 6.61 Å². The number of benzene rings is 2. The van der Waals surface area contributed by atoms with Crippen molar-refractivity contribution in [3.05, 3.63) is 56.1 Å². The molecule has 0 heterocycles. The zero-order chi connectivity index (χ0) is 15.4. The van der Waals surface area contributed by atoms with E-state index in [2.05, 4.69) is 0 Å². The molecule has 0 aromatic heterocycles. The van der Waals surface area contributed by atoms with Crippen molar-refractivity contribution in [3.8, 4) is 11.5 Å². The van der Waals surface area contributed by atoms with Gasteiger partial charge in [-0.15, -0.1) is 0 Å². The number of carboxylic acids is 1. The molecule has 0 unspecified atom stereocenters. The van der Waals surface area contributed by atoms with Gasteiger partial charge in [0.2, 0.25) is 0 Å². The maximum Gasteiger partial charge on any atom is 0.335 e. The Morgan fingerprint density at radius 2 is 1.95 bits per heavy atom. The third kappa shape index (κ3) is 4.01. The third-order valence-corrected chi connectivity index (χ3v) is 3.83. The molecule has 0 fully saturated rings. The standard InChI is InChI=1S/C15H12ClIO4/c1-20-13-7-10(15(18)19)6-12(17)14(13)21-8-9-2-4-11(16)5-3-9/h2-7H,8H2,1H3,(H,18,19). The highest BCUT2D eigenvalue weighted by Crippen LogP contribution is 2.34. The summed E-state index contributed by atoms with van der Waals surface area (Å²) in [6, 6.07) is 10.3. The van der Waals surface area contributed by atoms with Crippen LogP contribution in [0.25, 0.3) is 0 Å². The van der Waals surface area contributed by atoms with Crippen LogP contribution in [0.5, 0.6) is 11.5 Å². The molecule has 2 rings (SSSR count). The third-order valence-electron chi connectivity index (χ3n) is 2.77. The largest absolute Gasteiger partial charge is 0.493 e. The Hall–Kier alpha value is -1.47. The van der Waals surface area contributed by atoms with Gasteiger partial charge in [0.25, 0.3) is 0 Å². The van der Waals surface area contributed by atoms with Crippen LogP contribution < -0.4 is 9.47 Å². The molecular formula is C15H12ClIO4. The molecule has 0 saturated heterocycles. The van der Waals surface area contributed by atoms with Crippen molar-refractivity contribution < 1.29 is 19.4 Å². The second-order valence-corrected chi connectivity index (χ2v) is 5.81. The molecule has 2 aromatic carbocycles. The first kappa shape index (κ1) is 15.9. The molecule has 0 bridgehead atoms. The second-order valence-electron chi connectivity index (χ2n) is 4.21. The van der Waals surface area contributed by atoms with Gasteiger partial charge in [0.1, 0.15) is 6.61 Å². The van der Waals surface area contributed by atoms with E-state index in [0.717, 1.165) is 5.56 Å². The number of aromatic carboxylic acids is 1. The van der Waals surface area contributed by atoms with Crippen LogP contribution in [0.15, 0.2) is 36.4 Å². The highest BCUT2D eigenvalue weighted by atomic mass is 127. The average molecular weight is 419 g/mol. The molecule has 0 aliphatic heterocycles. The summed E-state index contributed by atoms with van der Waals surface area (Å²) in [7, 11) is 1.48. The van der Waals surface area contributed by atoms with Crippen LogP contribution in [0, 0.1) is 3.57 Å². The van der Waals surface area contributed by atoms with E-state index in [1.54, 1.807) is 18.2 Å². The van der Waals surface area contributed by atoms with Crippen molar-refractivity contribution in [2.45, 2.75) is 6.61 Å². The van der Waals surface area contributed by atoms with Crippen LogP contribution in [0.2, 0.25) is 5.02 Å². The summed E-state index contributed by atoms with van der Waals surface area (Å²) in [6.07, 6.45) is 0. The van der Waals surface area contributed by atoms with E-state index in [-0.39, 0.29) is 5.56 Å². The summed E-state index contributed by atoms with van der Waals surface area (Å²) in [6.45, 7) is 0.343. The van der Waals surface area contributed by atoms with Crippen LogP contribution >= 0.6 is 34.2 Å². The maximum atomic E-state index is 11.0. The number of rotatable bonds is 5. The minimum atomic E-state index is -1.00. The van der Waals surface area contributed by atoms with Crippen LogP contribution in [0.4, 0.5) is 0 Å². The van der Waals surface area contributed by atoms with E-state index in [9.17, 15) is 4.79 Å². The highest BCUT2D eigenvalue weighted by Gasteiger charge is 2.15. The number of carbonyl (C=O) groups is 1.